The van der Waals surface area contributed by atoms with Gasteiger partial charge >= 0.3 is 0 Å². The van der Waals surface area contributed by atoms with Crippen molar-refractivity contribution in [2.45, 2.75) is 16.2 Å². The lowest BCUT2D eigenvalue weighted by Gasteiger charge is -2.24. The van der Waals surface area contributed by atoms with Gasteiger partial charge in [-0.1, -0.05) is 36.4 Å². The molecule has 2 atom stereocenters. The average molecular weight is 290 g/mol. The molecule has 0 N–H and O–H groups in total. The summed E-state index contributed by atoms with van der Waals surface area (Å²) in [7, 11) is 2.10. The molecule has 2 unspecified atom stereocenters. The maximum Gasteiger partial charge on any atom is 0.133 e. The molecule has 1 aliphatic carbocycles. The Morgan fingerprint density at radius 3 is 1.74 bits per heavy atom. The van der Waals surface area contributed by atoms with Crippen molar-refractivity contribution < 1.29 is 0 Å². The monoisotopic (exact) mass is 289 g/mol. The van der Waals surface area contributed by atoms with E-state index in [1.54, 1.807) is 0 Å². The Bertz CT molecular complexity index is 610. The highest BCUT2D eigenvalue weighted by molar-refractivity contribution is 6.52. The second-order valence-electron chi connectivity index (χ2n) is 5.31. The molecular formula is C16H13Cl2N. The van der Waals surface area contributed by atoms with Gasteiger partial charge in [0, 0.05) is 30.3 Å². The first-order valence-corrected chi connectivity index (χ1v) is 7.17. The number of benzene rings is 2. The van der Waals surface area contributed by atoms with Crippen LogP contribution in [-0.2, 0) is 0 Å². The third-order valence-corrected chi connectivity index (χ3v) is 5.26. The highest BCUT2D eigenvalue weighted by Gasteiger charge is 2.66. The number of para-hydroxylation sites is 2. The molecule has 96 valence electrons. The molecule has 1 nitrogen and oxygen atoms in total. The van der Waals surface area contributed by atoms with Crippen molar-refractivity contribution in [1.82, 2.24) is 0 Å². The van der Waals surface area contributed by atoms with Crippen LogP contribution in [0.2, 0.25) is 0 Å². The SMILES string of the molecule is CN1c2ccccc2C2C(c3ccccc31)C2(Cl)Cl. The van der Waals surface area contributed by atoms with Crippen molar-refractivity contribution in [3.8, 4) is 0 Å². The first kappa shape index (κ1) is 11.6. The molecule has 1 saturated carbocycles. The topological polar surface area (TPSA) is 3.24 Å². The summed E-state index contributed by atoms with van der Waals surface area (Å²) in [6.07, 6.45) is 0. The minimum atomic E-state index is -0.673. The minimum absolute atomic E-state index is 0.193. The molecule has 0 aromatic heterocycles. The number of nitrogens with zero attached hydrogens (tertiary/aromatic N) is 1. The Morgan fingerprint density at radius 1 is 0.842 bits per heavy atom. The number of halogens is 2. The van der Waals surface area contributed by atoms with Crippen molar-refractivity contribution in [2.24, 2.45) is 0 Å². The molecular weight excluding hydrogens is 277 g/mol. The van der Waals surface area contributed by atoms with E-state index in [1.165, 1.54) is 22.5 Å². The maximum absolute atomic E-state index is 6.54. The molecule has 1 aliphatic heterocycles. The van der Waals surface area contributed by atoms with Crippen LogP contribution in [0.3, 0.4) is 0 Å². The van der Waals surface area contributed by atoms with E-state index >= 15 is 0 Å². The largest absolute Gasteiger partial charge is 0.344 e. The summed E-state index contributed by atoms with van der Waals surface area (Å²) in [6.45, 7) is 0. The molecule has 1 heterocycles. The Morgan fingerprint density at radius 2 is 1.26 bits per heavy atom. The smallest absolute Gasteiger partial charge is 0.133 e. The van der Waals surface area contributed by atoms with E-state index in [0.29, 0.717) is 0 Å². The summed E-state index contributed by atoms with van der Waals surface area (Å²) in [5.74, 6) is 0.385. The van der Waals surface area contributed by atoms with Crippen LogP contribution in [0.15, 0.2) is 48.5 Å². The van der Waals surface area contributed by atoms with Gasteiger partial charge in [0.15, 0.2) is 0 Å². The molecule has 0 bridgehead atoms. The highest BCUT2D eigenvalue weighted by atomic mass is 35.5. The summed E-state index contributed by atoms with van der Waals surface area (Å²) < 4.78 is -0.673. The van der Waals surface area contributed by atoms with E-state index in [9.17, 15) is 0 Å². The minimum Gasteiger partial charge on any atom is -0.344 e. The second-order valence-corrected chi connectivity index (χ2v) is 6.75. The summed E-state index contributed by atoms with van der Waals surface area (Å²) in [5, 5.41) is 0. The Kier molecular flexibility index (Phi) is 2.25. The van der Waals surface area contributed by atoms with Gasteiger partial charge in [-0.25, -0.2) is 0 Å². The van der Waals surface area contributed by atoms with Gasteiger partial charge in [0.25, 0.3) is 0 Å². The van der Waals surface area contributed by atoms with Crippen LogP contribution in [0.5, 0.6) is 0 Å². The van der Waals surface area contributed by atoms with Crippen molar-refractivity contribution in [3.63, 3.8) is 0 Å². The van der Waals surface area contributed by atoms with Gasteiger partial charge in [0.1, 0.15) is 4.33 Å². The summed E-state index contributed by atoms with van der Waals surface area (Å²) in [6, 6.07) is 16.8. The van der Waals surface area contributed by atoms with Crippen LogP contribution >= 0.6 is 23.2 Å². The fraction of sp³-hybridized carbons (Fsp3) is 0.250. The standard InChI is InChI=1S/C16H13Cl2N/c1-19-12-8-4-2-6-10(12)14-15(16(14,17)18)11-7-3-5-9-13(11)19/h2-9,14-15H,1H3. The maximum atomic E-state index is 6.54. The number of hydrogen-bond acceptors (Lipinski definition) is 1. The van der Waals surface area contributed by atoms with Crippen molar-refractivity contribution in [3.05, 3.63) is 59.7 Å². The van der Waals surface area contributed by atoms with E-state index in [0.717, 1.165) is 0 Å². The number of hydrogen-bond donors (Lipinski definition) is 0. The molecule has 4 rings (SSSR count). The van der Waals surface area contributed by atoms with E-state index in [2.05, 4.69) is 60.5 Å². The van der Waals surface area contributed by atoms with E-state index in [-0.39, 0.29) is 11.8 Å². The van der Waals surface area contributed by atoms with E-state index < -0.39 is 4.33 Å². The second kappa shape index (κ2) is 3.68. The molecule has 0 saturated heterocycles. The zero-order valence-corrected chi connectivity index (χ0v) is 12.0. The first-order chi connectivity index (χ1) is 9.12. The number of anilines is 2. The van der Waals surface area contributed by atoms with E-state index in [4.69, 9.17) is 23.2 Å². The fourth-order valence-corrected chi connectivity index (χ4v) is 4.19. The number of rotatable bonds is 0. The van der Waals surface area contributed by atoms with Crippen LogP contribution < -0.4 is 4.90 Å². The first-order valence-electron chi connectivity index (χ1n) is 6.42. The van der Waals surface area contributed by atoms with Gasteiger partial charge in [-0.05, 0) is 23.3 Å². The third-order valence-electron chi connectivity index (χ3n) is 4.32. The van der Waals surface area contributed by atoms with Crippen LogP contribution in [0.4, 0.5) is 11.4 Å². The van der Waals surface area contributed by atoms with Gasteiger partial charge in [0.2, 0.25) is 0 Å². The summed E-state index contributed by atoms with van der Waals surface area (Å²) >= 11 is 13.1. The molecule has 0 amide bonds. The lowest BCUT2D eigenvalue weighted by molar-refractivity contribution is 1.05. The van der Waals surface area contributed by atoms with Gasteiger partial charge in [-0.2, -0.15) is 0 Å². The molecule has 0 spiro atoms. The summed E-state index contributed by atoms with van der Waals surface area (Å²) in [4.78, 5) is 2.24. The molecule has 3 heteroatoms. The lowest BCUT2D eigenvalue weighted by atomic mass is 10.0. The summed E-state index contributed by atoms with van der Waals surface area (Å²) in [5.41, 5.74) is 4.89. The van der Waals surface area contributed by atoms with Crippen molar-refractivity contribution >= 4 is 34.6 Å². The van der Waals surface area contributed by atoms with Crippen molar-refractivity contribution in [2.75, 3.05) is 11.9 Å². The quantitative estimate of drug-likeness (QED) is 0.629. The zero-order valence-electron chi connectivity index (χ0n) is 10.5. The lowest BCUT2D eigenvalue weighted by Crippen LogP contribution is -2.13. The normalized spacial score (nSPS) is 25.9. The molecule has 2 aromatic carbocycles. The molecule has 2 aliphatic rings. The number of alkyl halides is 2. The Balaban J connectivity index is 2.02. The van der Waals surface area contributed by atoms with Crippen LogP contribution in [-0.4, -0.2) is 11.4 Å². The molecule has 0 radical (unpaired) electrons. The van der Waals surface area contributed by atoms with Crippen LogP contribution in [0.1, 0.15) is 23.0 Å². The predicted molar refractivity (Wildman–Crippen MR) is 80.9 cm³/mol. The van der Waals surface area contributed by atoms with E-state index in [1.807, 2.05) is 0 Å². The highest BCUT2D eigenvalue weighted by Crippen LogP contribution is 2.73. The Labute approximate surface area is 122 Å². The van der Waals surface area contributed by atoms with Crippen LogP contribution in [0, 0.1) is 0 Å². The van der Waals surface area contributed by atoms with Gasteiger partial charge < -0.3 is 4.90 Å². The van der Waals surface area contributed by atoms with Gasteiger partial charge in [0.05, 0.1) is 0 Å². The average Bonchev–Trinajstić information content (AvgIpc) is 3.02. The molecule has 19 heavy (non-hydrogen) atoms. The predicted octanol–water partition coefficient (Wildman–Crippen LogP) is 4.82. The van der Waals surface area contributed by atoms with Gasteiger partial charge in [-0.3, -0.25) is 0 Å². The molecule has 1 fully saturated rings. The Hall–Kier alpha value is -1.18. The van der Waals surface area contributed by atoms with Crippen LogP contribution in [0.25, 0.3) is 0 Å². The fourth-order valence-electron chi connectivity index (χ4n) is 3.34. The molecule has 2 aromatic rings. The third kappa shape index (κ3) is 1.43. The van der Waals surface area contributed by atoms with Crippen molar-refractivity contribution in [1.29, 1.82) is 0 Å². The zero-order chi connectivity index (χ0) is 13.2. The van der Waals surface area contributed by atoms with Gasteiger partial charge in [-0.15, -0.1) is 23.2 Å². The number of fused-ring (bicyclic) bond motifs is 5.